The van der Waals surface area contributed by atoms with E-state index in [1.807, 2.05) is 12.1 Å². The maximum absolute atomic E-state index is 13.6. The highest BCUT2D eigenvalue weighted by Gasteiger charge is 2.38. The predicted octanol–water partition coefficient (Wildman–Crippen LogP) is 8.37. The van der Waals surface area contributed by atoms with Gasteiger partial charge in [-0.3, -0.25) is 0 Å². The standard InChI is InChI=1S/C26H41FOSi/c1-7-12-13-14-15-16-17-23(8-2)22-26(6,24-18-20-25(27)21-19-24)28-29(9-3,10-4)11-5/h2,18-22H,7,9-17H2,1,3-6H3/b23-22+. The molecule has 0 bridgehead atoms. The summed E-state index contributed by atoms with van der Waals surface area (Å²) in [5.74, 6) is 2.68. The lowest BCUT2D eigenvalue weighted by molar-refractivity contribution is 0.125. The molecule has 0 aliphatic rings. The highest BCUT2D eigenvalue weighted by Crippen LogP contribution is 2.37. The van der Waals surface area contributed by atoms with Crippen LogP contribution in [0, 0.1) is 18.2 Å². The second kappa shape index (κ2) is 13.0. The Labute approximate surface area is 180 Å². The molecular weight excluding hydrogens is 375 g/mol. The van der Waals surface area contributed by atoms with E-state index in [0.29, 0.717) is 0 Å². The Morgan fingerprint density at radius 2 is 1.55 bits per heavy atom. The first-order chi connectivity index (χ1) is 13.9. The zero-order valence-corrected chi connectivity index (χ0v) is 20.3. The van der Waals surface area contributed by atoms with Crippen molar-refractivity contribution >= 4 is 8.32 Å². The second-order valence-electron chi connectivity index (χ2n) is 8.29. The maximum Gasteiger partial charge on any atom is 0.193 e. The molecule has 1 nitrogen and oxygen atoms in total. The fourth-order valence-corrected chi connectivity index (χ4v) is 6.99. The summed E-state index contributed by atoms with van der Waals surface area (Å²) in [5, 5.41) is 0. The number of rotatable bonds is 14. The van der Waals surface area contributed by atoms with Gasteiger partial charge < -0.3 is 4.43 Å². The SMILES string of the molecule is C#C/C(=C\C(C)(O[Si](CC)(CC)CC)c1ccc(F)cc1)CCCCCCCC. The van der Waals surface area contributed by atoms with Crippen molar-refractivity contribution in [3.8, 4) is 12.3 Å². The van der Waals surface area contributed by atoms with Crippen LogP contribution < -0.4 is 0 Å². The summed E-state index contributed by atoms with van der Waals surface area (Å²) in [6.07, 6.45) is 16.4. The van der Waals surface area contributed by atoms with Crippen molar-refractivity contribution in [1.29, 1.82) is 0 Å². The van der Waals surface area contributed by atoms with Gasteiger partial charge in [-0.15, -0.1) is 6.42 Å². The van der Waals surface area contributed by atoms with E-state index < -0.39 is 13.9 Å². The van der Waals surface area contributed by atoms with Crippen LogP contribution in [-0.4, -0.2) is 8.32 Å². The van der Waals surface area contributed by atoms with Crippen LogP contribution in [0.2, 0.25) is 18.1 Å². The largest absolute Gasteiger partial charge is 0.404 e. The van der Waals surface area contributed by atoms with Crippen LogP contribution in [0.5, 0.6) is 0 Å². The average Bonchev–Trinajstić information content (AvgIpc) is 2.74. The van der Waals surface area contributed by atoms with Gasteiger partial charge >= 0.3 is 0 Å². The molecule has 0 saturated heterocycles. The van der Waals surface area contributed by atoms with Gasteiger partial charge in [0.25, 0.3) is 0 Å². The van der Waals surface area contributed by atoms with Crippen LogP contribution in [0.25, 0.3) is 0 Å². The molecule has 3 heteroatoms. The van der Waals surface area contributed by atoms with E-state index in [9.17, 15) is 4.39 Å². The van der Waals surface area contributed by atoms with Gasteiger partial charge in [0.2, 0.25) is 0 Å². The van der Waals surface area contributed by atoms with E-state index >= 15 is 0 Å². The molecule has 0 heterocycles. The lowest BCUT2D eigenvalue weighted by atomic mass is 9.92. The molecule has 29 heavy (non-hydrogen) atoms. The smallest absolute Gasteiger partial charge is 0.193 e. The fourth-order valence-electron chi connectivity index (χ4n) is 3.98. The van der Waals surface area contributed by atoms with Crippen LogP contribution >= 0.6 is 0 Å². The molecule has 0 fully saturated rings. The van der Waals surface area contributed by atoms with E-state index in [-0.39, 0.29) is 5.82 Å². The molecule has 1 aromatic carbocycles. The van der Waals surface area contributed by atoms with Gasteiger partial charge in [0.15, 0.2) is 8.32 Å². The van der Waals surface area contributed by atoms with Gasteiger partial charge in [-0.1, -0.05) is 77.9 Å². The molecule has 0 saturated carbocycles. The number of halogens is 1. The first kappa shape index (κ1) is 25.7. The average molecular weight is 417 g/mol. The normalized spacial score (nSPS) is 14.4. The van der Waals surface area contributed by atoms with Crippen molar-refractivity contribution in [2.24, 2.45) is 0 Å². The van der Waals surface area contributed by atoms with Crippen molar-refractivity contribution in [2.75, 3.05) is 0 Å². The van der Waals surface area contributed by atoms with E-state index in [1.54, 1.807) is 0 Å². The fraction of sp³-hybridized carbons (Fsp3) is 0.615. The van der Waals surface area contributed by atoms with E-state index in [2.05, 4.69) is 46.6 Å². The summed E-state index contributed by atoms with van der Waals surface area (Å²) in [7, 11) is -1.89. The summed E-state index contributed by atoms with van der Waals surface area (Å²) in [6.45, 7) is 11.0. The van der Waals surface area contributed by atoms with E-state index in [0.717, 1.165) is 42.1 Å². The van der Waals surface area contributed by atoms with Crippen molar-refractivity contribution in [1.82, 2.24) is 0 Å². The van der Waals surface area contributed by atoms with Crippen molar-refractivity contribution < 1.29 is 8.82 Å². The first-order valence-electron chi connectivity index (χ1n) is 11.5. The van der Waals surface area contributed by atoms with Gasteiger partial charge in [0, 0.05) is 5.57 Å². The topological polar surface area (TPSA) is 9.23 Å². The summed E-state index contributed by atoms with van der Waals surface area (Å²) >= 11 is 0. The van der Waals surface area contributed by atoms with Gasteiger partial charge in [-0.05, 0) is 61.7 Å². The van der Waals surface area contributed by atoms with Crippen molar-refractivity contribution in [3.05, 3.63) is 47.3 Å². The molecule has 0 aromatic heterocycles. The monoisotopic (exact) mass is 416 g/mol. The minimum Gasteiger partial charge on any atom is -0.404 e. The first-order valence-corrected chi connectivity index (χ1v) is 14.1. The van der Waals surface area contributed by atoms with E-state index in [4.69, 9.17) is 10.8 Å². The molecule has 1 aromatic rings. The number of allylic oxidation sites excluding steroid dienone is 1. The van der Waals surface area contributed by atoms with Gasteiger partial charge in [0.05, 0.1) is 5.60 Å². The Morgan fingerprint density at radius 3 is 2.07 bits per heavy atom. The molecule has 0 aliphatic carbocycles. The van der Waals surface area contributed by atoms with Crippen molar-refractivity contribution in [2.45, 2.75) is 103 Å². The zero-order chi connectivity index (χ0) is 21.8. The summed E-state index contributed by atoms with van der Waals surface area (Å²) < 4.78 is 20.5. The molecule has 1 unspecified atom stereocenters. The minimum absolute atomic E-state index is 0.227. The van der Waals surface area contributed by atoms with Crippen LogP contribution in [0.4, 0.5) is 4.39 Å². The molecule has 162 valence electrons. The van der Waals surface area contributed by atoms with Crippen LogP contribution in [0.1, 0.15) is 85.1 Å². The summed E-state index contributed by atoms with van der Waals surface area (Å²) in [4.78, 5) is 0. The maximum atomic E-state index is 13.6. The predicted molar refractivity (Wildman–Crippen MR) is 127 cm³/mol. The molecule has 1 rings (SSSR count). The molecule has 0 radical (unpaired) electrons. The van der Waals surface area contributed by atoms with Crippen LogP contribution in [0.3, 0.4) is 0 Å². The number of unbranched alkanes of at least 4 members (excludes halogenated alkanes) is 5. The third-order valence-electron chi connectivity index (χ3n) is 6.21. The number of benzene rings is 1. The van der Waals surface area contributed by atoms with Gasteiger partial charge in [-0.25, -0.2) is 4.39 Å². The molecular formula is C26H41FOSi. The Balaban J connectivity index is 3.10. The molecule has 0 aliphatic heterocycles. The van der Waals surface area contributed by atoms with E-state index in [1.165, 1.54) is 44.2 Å². The number of hydrogen-bond donors (Lipinski definition) is 0. The third-order valence-corrected chi connectivity index (χ3v) is 10.9. The highest BCUT2D eigenvalue weighted by molar-refractivity contribution is 6.73. The Hall–Kier alpha value is -1.37. The Bertz CT molecular complexity index is 646. The highest BCUT2D eigenvalue weighted by atomic mass is 28.4. The van der Waals surface area contributed by atoms with Crippen molar-refractivity contribution in [3.63, 3.8) is 0 Å². The third kappa shape index (κ3) is 8.11. The number of terminal acetylenes is 1. The summed E-state index contributed by atoms with van der Waals surface area (Å²) in [6, 6.07) is 9.90. The molecule has 0 amide bonds. The lowest BCUT2D eigenvalue weighted by Gasteiger charge is -2.39. The van der Waals surface area contributed by atoms with Crippen LogP contribution in [0.15, 0.2) is 35.9 Å². The Kier molecular flexibility index (Phi) is 11.5. The molecule has 1 atom stereocenters. The van der Waals surface area contributed by atoms with Gasteiger partial charge in [-0.2, -0.15) is 0 Å². The molecule has 0 N–H and O–H groups in total. The molecule has 0 spiro atoms. The lowest BCUT2D eigenvalue weighted by Crippen LogP contribution is -2.43. The quantitative estimate of drug-likeness (QED) is 0.168. The number of hydrogen-bond acceptors (Lipinski definition) is 1. The second-order valence-corrected chi connectivity index (χ2v) is 13.0. The van der Waals surface area contributed by atoms with Crippen LogP contribution in [-0.2, 0) is 10.0 Å². The van der Waals surface area contributed by atoms with Gasteiger partial charge in [0.1, 0.15) is 5.82 Å². The zero-order valence-electron chi connectivity index (χ0n) is 19.3. The summed E-state index contributed by atoms with van der Waals surface area (Å²) in [5.41, 5.74) is 1.35. The Morgan fingerprint density at radius 1 is 1.00 bits per heavy atom. The minimum atomic E-state index is -1.89.